The Hall–Kier alpha value is -2.10. The van der Waals surface area contributed by atoms with Crippen LogP contribution in [0.2, 0.25) is 0 Å². The molecule has 2 rings (SSSR count). The number of nitrogens with two attached hydrogens (primary N) is 1. The van der Waals surface area contributed by atoms with Crippen LogP contribution in [0.25, 0.3) is 11.3 Å². The third kappa shape index (κ3) is 3.02. The third-order valence-corrected chi connectivity index (χ3v) is 2.77. The van der Waals surface area contributed by atoms with Gasteiger partial charge in [0, 0.05) is 11.1 Å². The van der Waals surface area contributed by atoms with Crippen molar-refractivity contribution in [2.45, 2.75) is 33.8 Å². The first kappa shape index (κ1) is 13.3. The van der Waals surface area contributed by atoms with Crippen LogP contribution in [0.1, 0.15) is 25.2 Å². The van der Waals surface area contributed by atoms with Crippen molar-refractivity contribution in [1.82, 2.24) is 9.97 Å². The van der Waals surface area contributed by atoms with Crippen LogP contribution in [0.5, 0.6) is 5.75 Å². The highest BCUT2D eigenvalue weighted by Crippen LogP contribution is 2.27. The van der Waals surface area contributed by atoms with Crippen LogP contribution in [0.15, 0.2) is 24.3 Å². The molecule has 19 heavy (non-hydrogen) atoms. The molecule has 0 fully saturated rings. The maximum atomic E-state index is 5.90. The number of nitrogen functional groups attached to an aromatic ring is 1. The van der Waals surface area contributed by atoms with Crippen molar-refractivity contribution >= 4 is 5.82 Å². The Morgan fingerprint density at radius 3 is 2.58 bits per heavy atom. The van der Waals surface area contributed by atoms with E-state index >= 15 is 0 Å². The average molecular weight is 257 g/mol. The van der Waals surface area contributed by atoms with Crippen molar-refractivity contribution in [2.24, 2.45) is 0 Å². The van der Waals surface area contributed by atoms with Gasteiger partial charge in [0.1, 0.15) is 17.4 Å². The third-order valence-electron chi connectivity index (χ3n) is 2.77. The minimum atomic E-state index is 0.147. The lowest BCUT2D eigenvalue weighted by Crippen LogP contribution is -2.06. The fourth-order valence-corrected chi connectivity index (χ4v) is 1.92. The Morgan fingerprint density at radius 2 is 1.89 bits per heavy atom. The van der Waals surface area contributed by atoms with Crippen molar-refractivity contribution in [1.29, 1.82) is 0 Å². The van der Waals surface area contributed by atoms with Gasteiger partial charge in [0.2, 0.25) is 0 Å². The molecule has 0 atom stereocenters. The molecule has 0 saturated carbocycles. The van der Waals surface area contributed by atoms with E-state index in [4.69, 9.17) is 10.5 Å². The van der Waals surface area contributed by atoms with Crippen molar-refractivity contribution in [3.63, 3.8) is 0 Å². The van der Waals surface area contributed by atoms with Gasteiger partial charge in [-0.2, -0.15) is 0 Å². The quantitative estimate of drug-likeness (QED) is 0.917. The zero-order valence-electron chi connectivity index (χ0n) is 11.8. The summed E-state index contributed by atoms with van der Waals surface area (Å²) in [6.45, 7) is 7.78. The van der Waals surface area contributed by atoms with E-state index in [1.807, 2.05) is 52.0 Å². The molecule has 0 spiro atoms. The zero-order valence-corrected chi connectivity index (χ0v) is 11.8. The van der Waals surface area contributed by atoms with Crippen LogP contribution in [0.4, 0.5) is 5.82 Å². The maximum Gasteiger partial charge on any atom is 0.130 e. The summed E-state index contributed by atoms with van der Waals surface area (Å²) in [4.78, 5) is 8.64. The van der Waals surface area contributed by atoms with Crippen molar-refractivity contribution in [3.05, 3.63) is 35.7 Å². The highest BCUT2D eigenvalue weighted by atomic mass is 16.5. The maximum absolute atomic E-state index is 5.90. The summed E-state index contributed by atoms with van der Waals surface area (Å²) in [7, 11) is 0. The zero-order chi connectivity index (χ0) is 14.0. The molecule has 0 unspecified atom stereocenters. The summed E-state index contributed by atoms with van der Waals surface area (Å²) in [5.41, 5.74) is 8.64. The molecule has 1 heterocycles. The number of rotatable bonds is 3. The van der Waals surface area contributed by atoms with E-state index in [1.165, 1.54) is 0 Å². The fraction of sp³-hybridized carbons (Fsp3) is 0.333. The van der Waals surface area contributed by atoms with Crippen LogP contribution in [-0.2, 0) is 0 Å². The normalized spacial score (nSPS) is 10.8. The van der Waals surface area contributed by atoms with Gasteiger partial charge in [-0.15, -0.1) is 0 Å². The molecule has 0 radical (unpaired) electrons. The number of hydrogen-bond donors (Lipinski definition) is 1. The molecule has 0 saturated heterocycles. The minimum Gasteiger partial charge on any atom is -0.491 e. The summed E-state index contributed by atoms with van der Waals surface area (Å²) < 4.78 is 5.70. The lowest BCUT2D eigenvalue weighted by Gasteiger charge is -2.12. The SMILES string of the molecule is Cc1nc(N)c(C)c(-c2cccc(OC(C)C)c2)n1. The lowest BCUT2D eigenvalue weighted by molar-refractivity contribution is 0.242. The summed E-state index contributed by atoms with van der Waals surface area (Å²) in [6, 6.07) is 7.88. The Kier molecular flexibility index (Phi) is 3.69. The predicted molar refractivity (Wildman–Crippen MR) is 77.1 cm³/mol. The van der Waals surface area contributed by atoms with E-state index in [0.29, 0.717) is 11.6 Å². The molecule has 100 valence electrons. The van der Waals surface area contributed by atoms with Gasteiger partial charge in [-0.05, 0) is 39.8 Å². The molecule has 0 aliphatic rings. The molecular weight excluding hydrogens is 238 g/mol. The van der Waals surface area contributed by atoms with E-state index in [-0.39, 0.29) is 6.10 Å². The summed E-state index contributed by atoms with van der Waals surface area (Å²) in [5, 5.41) is 0. The topological polar surface area (TPSA) is 61.0 Å². The number of nitrogens with zero attached hydrogens (tertiary/aromatic N) is 2. The molecule has 2 aromatic rings. The largest absolute Gasteiger partial charge is 0.491 e. The Bertz CT molecular complexity index is 594. The van der Waals surface area contributed by atoms with E-state index in [0.717, 1.165) is 22.6 Å². The smallest absolute Gasteiger partial charge is 0.130 e. The average Bonchev–Trinajstić information content (AvgIpc) is 2.33. The van der Waals surface area contributed by atoms with Crippen molar-refractivity contribution < 1.29 is 4.74 Å². The number of benzene rings is 1. The second kappa shape index (κ2) is 5.26. The monoisotopic (exact) mass is 257 g/mol. The highest BCUT2D eigenvalue weighted by Gasteiger charge is 2.10. The van der Waals surface area contributed by atoms with Gasteiger partial charge >= 0.3 is 0 Å². The van der Waals surface area contributed by atoms with Gasteiger partial charge in [-0.25, -0.2) is 9.97 Å². The minimum absolute atomic E-state index is 0.147. The molecule has 1 aromatic carbocycles. The molecule has 1 aromatic heterocycles. The van der Waals surface area contributed by atoms with E-state index in [2.05, 4.69) is 9.97 Å². The number of anilines is 1. The predicted octanol–water partition coefficient (Wildman–Crippen LogP) is 3.13. The fourth-order valence-electron chi connectivity index (χ4n) is 1.92. The van der Waals surface area contributed by atoms with Gasteiger partial charge in [0.25, 0.3) is 0 Å². The van der Waals surface area contributed by atoms with E-state index in [1.54, 1.807) is 0 Å². The first-order chi connectivity index (χ1) is 8.97. The lowest BCUT2D eigenvalue weighted by atomic mass is 10.1. The van der Waals surface area contributed by atoms with Gasteiger partial charge < -0.3 is 10.5 Å². The second-order valence-electron chi connectivity index (χ2n) is 4.82. The van der Waals surface area contributed by atoms with Crippen LogP contribution < -0.4 is 10.5 Å². The summed E-state index contributed by atoms with van der Waals surface area (Å²) in [5.74, 6) is 2.03. The van der Waals surface area contributed by atoms with Gasteiger partial charge in [0.05, 0.1) is 11.8 Å². The first-order valence-electron chi connectivity index (χ1n) is 6.35. The van der Waals surface area contributed by atoms with E-state index < -0.39 is 0 Å². The highest BCUT2D eigenvalue weighted by molar-refractivity contribution is 5.68. The second-order valence-corrected chi connectivity index (χ2v) is 4.82. The Morgan fingerprint density at radius 1 is 1.16 bits per heavy atom. The van der Waals surface area contributed by atoms with Crippen LogP contribution in [0.3, 0.4) is 0 Å². The molecule has 4 heteroatoms. The molecule has 0 aliphatic heterocycles. The molecular formula is C15H19N3O. The molecule has 0 aliphatic carbocycles. The number of hydrogen-bond acceptors (Lipinski definition) is 4. The van der Waals surface area contributed by atoms with Crippen molar-refractivity contribution in [3.8, 4) is 17.0 Å². The van der Waals surface area contributed by atoms with Gasteiger partial charge in [-0.1, -0.05) is 12.1 Å². The van der Waals surface area contributed by atoms with Crippen LogP contribution >= 0.6 is 0 Å². The molecule has 2 N–H and O–H groups in total. The van der Waals surface area contributed by atoms with E-state index in [9.17, 15) is 0 Å². The first-order valence-corrected chi connectivity index (χ1v) is 6.35. The number of aromatic nitrogens is 2. The Balaban J connectivity index is 2.47. The van der Waals surface area contributed by atoms with Crippen molar-refractivity contribution in [2.75, 3.05) is 5.73 Å². The molecule has 0 amide bonds. The molecule has 4 nitrogen and oxygen atoms in total. The Labute approximate surface area is 113 Å². The van der Waals surface area contributed by atoms with Gasteiger partial charge in [0.15, 0.2) is 0 Å². The number of aryl methyl sites for hydroxylation is 1. The van der Waals surface area contributed by atoms with Crippen LogP contribution in [-0.4, -0.2) is 16.1 Å². The number of ether oxygens (including phenoxy) is 1. The van der Waals surface area contributed by atoms with Crippen LogP contribution in [0, 0.1) is 13.8 Å². The van der Waals surface area contributed by atoms with Gasteiger partial charge in [-0.3, -0.25) is 0 Å². The summed E-state index contributed by atoms with van der Waals surface area (Å²) in [6.07, 6.45) is 0.147. The molecule has 0 bridgehead atoms. The standard InChI is InChI=1S/C15H19N3O/c1-9(2)19-13-7-5-6-12(8-13)14-10(3)15(16)18-11(4)17-14/h5-9H,1-4H3,(H2,16,17,18). The summed E-state index contributed by atoms with van der Waals surface area (Å²) >= 11 is 0.